The molecule has 7 rings (SSSR count). The van der Waals surface area contributed by atoms with E-state index in [0.717, 1.165) is 13.0 Å². The molecule has 5 aromatic carbocycles. The van der Waals surface area contributed by atoms with Crippen molar-refractivity contribution in [3.8, 4) is 11.1 Å². The zero-order valence-corrected chi connectivity index (χ0v) is 16.9. The van der Waals surface area contributed by atoms with Crippen molar-refractivity contribution in [1.82, 2.24) is 4.57 Å². The van der Waals surface area contributed by atoms with Crippen molar-refractivity contribution in [2.45, 2.75) is 19.9 Å². The van der Waals surface area contributed by atoms with Gasteiger partial charge in [-0.2, -0.15) is 0 Å². The van der Waals surface area contributed by atoms with Crippen LogP contribution in [0.1, 0.15) is 18.1 Å². The van der Waals surface area contributed by atoms with Gasteiger partial charge in [-0.3, -0.25) is 0 Å². The van der Waals surface area contributed by atoms with E-state index in [4.69, 9.17) is 0 Å². The second kappa shape index (κ2) is 5.73. The van der Waals surface area contributed by atoms with E-state index < -0.39 is 0 Å². The van der Waals surface area contributed by atoms with Gasteiger partial charge in [0.2, 0.25) is 0 Å². The minimum Gasteiger partial charge on any atom is -0.340 e. The van der Waals surface area contributed by atoms with Crippen LogP contribution in [0.15, 0.2) is 84.9 Å². The van der Waals surface area contributed by atoms with Gasteiger partial charge >= 0.3 is 0 Å². The van der Waals surface area contributed by atoms with E-state index in [1.807, 2.05) is 0 Å². The van der Waals surface area contributed by atoms with Crippen LogP contribution in [0.3, 0.4) is 0 Å². The first-order valence-electron chi connectivity index (χ1n) is 10.8. The molecule has 142 valence electrons. The summed E-state index contributed by atoms with van der Waals surface area (Å²) in [6.07, 6.45) is 1.01. The molecule has 30 heavy (non-hydrogen) atoms. The van der Waals surface area contributed by atoms with Crippen LogP contribution in [0.25, 0.3) is 54.5 Å². The Morgan fingerprint density at radius 1 is 0.633 bits per heavy atom. The van der Waals surface area contributed by atoms with Crippen molar-refractivity contribution in [1.29, 1.82) is 0 Å². The zero-order chi connectivity index (χ0) is 19.8. The molecule has 0 radical (unpaired) electrons. The van der Waals surface area contributed by atoms with Gasteiger partial charge in [-0.05, 0) is 51.4 Å². The molecular weight excluding hydrogens is 362 g/mol. The molecule has 1 heteroatoms. The average Bonchev–Trinajstić information content (AvgIpc) is 3.32. The topological polar surface area (TPSA) is 4.93 Å². The van der Waals surface area contributed by atoms with Crippen LogP contribution >= 0.6 is 0 Å². The molecule has 1 heterocycles. The lowest BCUT2D eigenvalue weighted by Crippen LogP contribution is -1.97. The van der Waals surface area contributed by atoms with Gasteiger partial charge in [0.05, 0.1) is 11.0 Å². The molecule has 0 saturated heterocycles. The fraction of sp³-hybridized carbons (Fsp3) is 0.103. The van der Waals surface area contributed by atoms with Crippen LogP contribution in [0, 0.1) is 0 Å². The SMILES string of the molecule is CCn1c2c3c(ccc2c2ccc4ccccc4c21)-c1cc2ccccc2cc1C3. The van der Waals surface area contributed by atoms with Gasteiger partial charge in [-0.1, -0.05) is 78.9 Å². The number of hydrogen-bond acceptors (Lipinski definition) is 0. The fourth-order valence-corrected chi connectivity index (χ4v) is 5.66. The molecule has 0 amide bonds. The second-order valence-electron chi connectivity index (χ2n) is 8.45. The minimum absolute atomic E-state index is 0.975. The Kier molecular flexibility index (Phi) is 3.10. The highest BCUT2D eigenvalue weighted by molar-refractivity contribution is 6.19. The molecule has 0 fully saturated rings. The Morgan fingerprint density at radius 3 is 2.17 bits per heavy atom. The van der Waals surface area contributed by atoms with Crippen LogP contribution in [0.5, 0.6) is 0 Å². The van der Waals surface area contributed by atoms with E-state index in [0.29, 0.717) is 0 Å². The van der Waals surface area contributed by atoms with Crippen LogP contribution in [-0.4, -0.2) is 4.57 Å². The van der Waals surface area contributed by atoms with Gasteiger partial charge in [-0.25, -0.2) is 0 Å². The van der Waals surface area contributed by atoms with Crippen molar-refractivity contribution in [3.63, 3.8) is 0 Å². The highest BCUT2D eigenvalue weighted by Gasteiger charge is 2.24. The number of fused-ring (bicyclic) bond motifs is 10. The van der Waals surface area contributed by atoms with Crippen LogP contribution < -0.4 is 0 Å². The predicted molar refractivity (Wildman–Crippen MR) is 128 cm³/mol. The van der Waals surface area contributed by atoms with Crippen LogP contribution in [0.4, 0.5) is 0 Å². The maximum Gasteiger partial charge on any atom is 0.0571 e. The number of rotatable bonds is 1. The third-order valence-corrected chi connectivity index (χ3v) is 6.96. The highest BCUT2D eigenvalue weighted by Crippen LogP contribution is 2.45. The Balaban J connectivity index is 1.62. The quantitative estimate of drug-likeness (QED) is 0.274. The Hall–Kier alpha value is -3.58. The van der Waals surface area contributed by atoms with E-state index in [-0.39, 0.29) is 0 Å². The summed E-state index contributed by atoms with van der Waals surface area (Å²) in [5.74, 6) is 0. The number of hydrogen-bond donors (Lipinski definition) is 0. The largest absolute Gasteiger partial charge is 0.340 e. The van der Waals surface area contributed by atoms with Gasteiger partial charge in [0.15, 0.2) is 0 Å². The molecule has 1 aromatic heterocycles. The van der Waals surface area contributed by atoms with Crippen molar-refractivity contribution in [2.75, 3.05) is 0 Å². The van der Waals surface area contributed by atoms with Crippen molar-refractivity contribution < 1.29 is 0 Å². The summed E-state index contributed by atoms with van der Waals surface area (Å²) < 4.78 is 2.55. The lowest BCUT2D eigenvalue weighted by atomic mass is 10.00. The number of aromatic nitrogens is 1. The summed E-state index contributed by atoms with van der Waals surface area (Å²) in [5, 5.41) is 8.08. The average molecular weight is 383 g/mol. The summed E-state index contributed by atoms with van der Waals surface area (Å²) >= 11 is 0. The fourth-order valence-electron chi connectivity index (χ4n) is 5.66. The molecule has 0 aliphatic heterocycles. The lowest BCUT2D eigenvalue weighted by molar-refractivity contribution is 0.826. The number of nitrogens with zero attached hydrogens (tertiary/aromatic N) is 1. The first-order valence-corrected chi connectivity index (χ1v) is 10.8. The van der Waals surface area contributed by atoms with Gasteiger partial charge < -0.3 is 4.57 Å². The molecule has 1 aliphatic carbocycles. The van der Waals surface area contributed by atoms with Crippen LogP contribution in [0.2, 0.25) is 0 Å². The van der Waals surface area contributed by atoms with E-state index >= 15 is 0 Å². The summed E-state index contributed by atoms with van der Waals surface area (Å²) in [6.45, 7) is 3.25. The first-order chi connectivity index (χ1) is 14.8. The summed E-state index contributed by atoms with van der Waals surface area (Å²) in [5.41, 5.74) is 8.55. The molecule has 0 saturated carbocycles. The Labute approximate surface area is 175 Å². The Bertz CT molecular complexity index is 1650. The molecule has 1 aliphatic rings. The van der Waals surface area contributed by atoms with Crippen molar-refractivity contribution in [3.05, 3.63) is 96.1 Å². The molecule has 0 N–H and O–H groups in total. The highest BCUT2D eigenvalue weighted by atomic mass is 15.0. The molecule has 1 nitrogen and oxygen atoms in total. The normalized spacial score (nSPS) is 12.8. The van der Waals surface area contributed by atoms with E-state index in [1.165, 1.54) is 65.6 Å². The standard InChI is InChI=1S/C29H21N/c1-2-30-28-22-10-6-5-7-18(22)11-12-24(28)25-14-13-23-26-16-20-9-4-3-8-19(20)15-21(26)17-27(23)29(25)30/h3-16H,2,17H2,1H3. The van der Waals surface area contributed by atoms with E-state index in [9.17, 15) is 0 Å². The minimum atomic E-state index is 0.975. The molecule has 0 spiro atoms. The van der Waals surface area contributed by atoms with Gasteiger partial charge in [0.1, 0.15) is 0 Å². The summed E-state index contributed by atoms with van der Waals surface area (Å²) in [4.78, 5) is 0. The van der Waals surface area contributed by atoms with Crippen molar-refractivity contribution in [2.24, 2.45) is 0 Å². The number of aryl methyl sites for hydroxylation is 1. The zero-order valence-electron chi connectivity index (χ0n) is 16.9. The van der Waals surface area contributed by atoms with E-state index in [2.05, 4.69) is 96.4 Å². The smallest absolute Gasteiger partial charge is 0.0571 e. The Morgan fingerprint density at radius 2 is 1.33 bits per heavy atom. The lowest BCUT2D eigenvalue weighted by Gasteiger charge is -2.09. The summed E-state index contributed by atoms with van der Waals surface area (Å²) in [7, 11) is 0. The van der Waals surface area contributed by atoms with Gasteiger partial charge in [0, 0.05) is 29.1 Å². The predicted octanol–water partition coefficient (Wildman–Crippen LogP) is 7.69. The molecule has 6 aromatic rings. The number of benzene rings is 5. The summed E-state index contributed by atoms with van der Waals surface area (Å²) in [6, 6.07) is 31.6. The molecule has 0 atom stereocenters. The van der Waals surface area contributed by atoms with Crippen LogP contribution in [-0.2, 0) is 13.0 Å². The third-order valence-electron chi connectivity index (χ3n) is 6.96. The van der Waals surface area contributed by atoms with Gasteiger partial charge in [-0.15, -0.1) is 0 Å². The monoisotopic (exact) mass is 383 g/mol. The van der Waals surface area contributed by atoms with Gasteiger partial charge in [0.25, 0.3) is 0 Å². The molecule has 0 bridgehead atoms. The van der Waals surface area contributed by atoms with Crippen molar-refractivity contribution >= 4 is 43.4 Å². The third kappa shape index (κ3) is 1.97. The molecular formula is C29H21N. The maximum atomic E-state index is 2.55. The second-order valence-corrected chi connectivity index (χ2v) is 8.45. The molecule has 0 unspecified atom stereocenters. The maximum absolute atomic E-state index is 2.55. The van der Waals surface area contributed by atoms with E-state index in [1.54, 1.807) is 0 Å². The first kappa shape index (κ1) is 16.2.